The van der Waals surface area contributed by atoms with Crippen LogP contribution in [0, 0.1) is 0 Å². The first-order chi connectivity index (χ1) is 9.09. The fourth-order valence-corrected chi connectivity index (χ4v) is 2.92. The van der Waals surface area contributed by atoms with Crippen LogP contribution in [-0.2, 0) is 4.79 Å². The zero-order chi connectivity index (χ0) is 13.8. The van der Waals surface area contributed by atoms with Gasteiger partial charge in [-0.25, -0.2) is 0 Å². The van der Waals surface area contributed by atoms with E-state index in [0.29, 0.717) is 20.2 Å². The average molecular weight is 366 g/mol. The van der Waals surface area contributed by atoms with Gasteiger partial charge in [0.2, 0.25) is 5.91 Å². The third-order valence-corrected chi connectivity index (χ3v) is 4.94. The fourth-order valence-electron chi connectivity index (χ4n) is 2.09. The number of nitrogens with one attached hydrogen (secondary N) is 2. The molecule has 1 fully saturated rings. The lowest BCUT2D eigenvalue weighted by atomic mass is 10.1. The molecule has 1 aromatic carbocycles. The van der Waals surface area contributed by atoms with Crippen molar-refractivity contribution in [3.8, 4) is 0 Å². The summed E-state index contributed by atoms with van der Waals surface area (Å²) in [6, 6.07) is 3.36. The Kier molecular flexibility index (Phi) is 5.51. The van der Waals surface area contributed by atoms with E-state index in [0.717, 1.165) is 25.8 Å². The van der Waals surface area contributed by atoms with Crippen LogP contribution in [0.2, 0.25) is 10.0 Å². The van der Waals surface area contributed by atoms with Crippen LogP contribution in [-0.4, -0.2) is 18.5 Å². The molecule has 1 aromatic rings. The van der Waals surface area contributed by atoms with E-state index in [9.17, 15) is 4.79 Å². The molecule has 2 rings (SSSR count). The van der Waals surface area contributed by atoms with Gasteiger partial charge in [0.25, 0.3) is 0 Å². The van der Waals surface area contributed by atoms with E-state index >= 15 is 0 Å². The topological polar surface area (TPSA) is 41.1 Å². The van der Waals surface area contributed by atoms with Gasteiger partial charge in [-0.05, 0) is 47.4 Å². The van der Waals surface area contributed by atoms with Gasteiger partial charge >= 0.3 is 0 Å². The van der Waals surface area contributed by atoms with Gasteiger partial charge in [0.1, 0.15) is 0 Å². The van der Waals surface area contributed by atoms with Crippen molar-refractivity contribution in [3.63, 3.8) is 0 Å². The third kappa shape index (κ3) is 3.85. The van der Waals surface area contributed by atoms with E-state index < -0.39 is 0 Å². The minimum absolute atomic E-state index is 0.0535. The number of halogens is 3. The van der Waals surface area contributed by atoms with Crippen molar-refractivity contribution in [3.05, 3.63) is 26.7 Å². The number of carbonyl (C=O) groups excluding carboxylic acids is 1. The van der Waals surface area contributed by atoms with E-state index in [1.807, 2.05) is 0 Å². The van der Waals surface area contributed by atoms with Gasteiger partial charge < -0.3 is 10.6 Å². The molecule has 19 heavy (non-hydrogen) atoms. The number of amides is 1. The summed E-state index contributed by atoms with van der Waals surface area (Å²) >= 11 is 15.4. The minimum atomic E-state index is -0.152. The molecule has 2 N–H and O–H groups in total. The molecular weight excluding hydrogens is 351 g/mol. The van der Waals surface area contributed by atoms with Crippen molar-refractivity contribution in [1.29, 1.82) is 0 Å². The number of hydrogen-bond acceptors (Lipinski definition) is 2. The monoisotopic (exact) mass is 364 g/mol. The molecule has 0 aliphatic carbocycles. The molecule has 0 aromatic heterocycles. The molecule has 1 aliphatic rings. The molecule has 0 bridgehead atoms. The highest BCUT2D eigenvalue weighted by Gasteiger charge is 2.20. The van der Waals surface area contributed by atoms with Gasteiger partial charge in [0.05, 0.1) is 21.8 Å². The summed E-state index contributed by atoms with van der Waals surface area (Å²) < 4.78 is 0.713. The quantitative estimate of drug-likeness (QED) is 0.770. The van der Waals surface area contributed by atoms with Crippen molar-refractivity contribution in [2.24, 2.45) is 0 Å². The van der Waals surface area contributed by atoms with Crippen molar-refractivity contribution in [2.75, 3.05) is 11.9 Å². The lowest BCUT2D eigenvalue weighted by Gasteiger charge is -2.16. The summed E-state index contributed by atoms with van der Waals surface area (Å²) in [7, 11) is 0. The molecule has 0 spiro atoms. The molecule has 3 nitrogen and oxygen atoms in total. The second kappa shape index (κ2) is 6.93. The van der Waals surface area contributed by atoms with Crippen molar-refractivity contribution < 1.29 is 4.79 Å². The molecule has 6 heteroatoms. The highest BCUT2D eigenvalue weighted by molar-refractivity contribution is 9.10. The molecule has 104 valence electrons. The summed E-state index contributed by atoms with van der Waals surface area (Å²) in [5.41, 5.74) is 0.547. The Morgan fingerprint density at radius 1 is 1.26 bits per heavy atom. The minimum Gasteiger partial charge on any atom is -0.323 e. The first kappa shape index (κ1) is 15.1. The van der Waals surface area contributed by atoms with E-state index in [4.69, 9.17) is 23.2 Å². The van der Waals surface area contributed by atoms with Crippen LogP contribution in [0.5, 0.6) is 0 Å². The SMILES string of the molecule is O=C(Nc1ccc(Br)c(Cl)c1Cl)C1CCCCCN1. The van der Waals surface area contributed by atoms with Gasteiger partial charge in [-0.15, -0.1) is 0 Å². The molecule has 1 saturated heterocycles. The lowest BCUT2D eigenvalue weighted by Crippen LogP contribution is -2.39. The van der Waals surface area contributed by atoms with Crippen molar-refractivity contribution >= 4 is 50.7 Å². The molecule has 0 saturated carbocycles. The van der Waals surface area contributed by atoms with Crippen LogP contribution in [0.4, 0.5) is 5.69 Å². The summed E-state index contributed by atoms with van der Waals surface area (Å²) in [5.74, 6) is -0.0535. The summed E-state index contributed by atoms with van der Waals surface area (Å²) in [4.78, 5) is 12.2. The average Bonchev–Trinajstić information content (AvgIpc) is 2.68. The van der Waals surface area contributed by atoms with Gasteiger partial charge in [0, 0.05) is 4.47 Å². The molecule has 1 heterocycles. The molecule has 0 radical (unpaired) electrons. The lowest BCUT2D eigenvalue weighted by molar-refractivity contribution is -0.118. The Labute approximate surface area is 131 Å². The normalized spacial score (nSPS) is 19.8. The largest absolute Gasteiger partial charge is 0.323 e. The van der Waals surface area contributed by atoms with Crippen LogP contribution in [0.3, 0.4) is 0 Å². The molecule has 1 atom stereocenters. The highest BCUT2D eigenvalue weighted by Crippen LogP contribution is 2.35. The Morgan fingerprint density at radius 2 is 2.05 bits per heavy atom. The summed E-state index contributed by atoms with van der Waals surface area (Å²) in [5, 5.41) is 6.86. The first-order valence-corrected chi connectivity index (χ1v) is 7.82. The van der Waals surface area contributed by atoms with Crippen LogP contribution in [0.1, 0.15) is 25.7 Å². The Balaban J connectivity index is 2.08. The molecule has 1 amide bonds. The van der Waals surface area contributed by atoms with Crippen LogP contribution in [0.25, 0.3) is 0 Å². The molecule has 1 aliphatic heterocycles. The Bertz CT molecular complexity index is 474. The number of anilines is 1. The second-order valence-corrected chi connectivity index (χ2v) is 6.18. The molecular formula is C13H15BrCl2N2O. The predicted molar refractivity (Wildman–Crippen MR) is 83.1 cm³/mol. The summed E-state index contributed by atoms with van der Waals surface area (Å²) in [6.45, 7) is 0.882. The Morgan fingerprint density at radius 3 is 2.84 bits per heavy atom. The maximum absolute atomic E-state index is 12.2. The predicted octanol–water partition coefficient (Wildman–Crippen LogP) is 4.23. The van der Waals surface area contributed by atoms with Crippen molar-refractivity contribution in [2.45, 2.75) is 31.7 Å². The Hall–Kier alpha value is -0.290. The van der Waals surface area contributed by atoms with E-state index in [1.165, 1.54) is 6.42 Å². The van der Waals surface area contributed by atoms with Crippen LogP contribution >= 0.6 is 39.1 Å². The van der Waals surface area contributed by atoms with E-state index in [-0.39, 0.29) is 11.9 Å². The fraction of sp³-hybridized carbons (Fsp3) is 0.462. The van der Waals surface area contributed by atoms with E-state index in [2.05, 4.69) is 26.6 Å². The summed E-state index contributed by atoms with van der Waals surface area (Å²) in [6.07, 6.45) is 4.21. The first-order valence-electron chi connectivity index (χ1n) is 6.27. The maximum Gasteiger partial charge on any atom is 0.241 e. The van der Waals surface area contributed by atoms with Crippen LogP contribution in [0.15, 0.2) is 16.6 Å². The number of carbonyl (C=O) groups is 1. The number of rotatable bonds is 2. The zero-order valence-corrected chi connectivity index (χ0v) is 13.4. The van der Waals surface area contributed by atoms with Gasteiger partial charge in [-0.3, -0.25) is 4.79 Å². The van der Waals surface area contributed by atoms with Crippen molar-refractivity contribution in [1.82, 2.24) is 5.32 Å². The van der Waals surface area contributed by atoms with Gasteiger partial charge in [-0.2, -0.15) is 0 Å². The van der Waals surface area contributed by atoms with E-state index in [1.54, 1.807) is 12.1 Å². The number of hydrogen-bond donors (Lipinski definition) is 2. The maximum atomic E-state index is 12.2. The zero-order valence-electron chi connectivity index (χ0n) is 10.3. The molecule has 1 unspecified atom stereocenters. The number of benzene rings is 1. The third-order valence-electron chi connectivity index (χ3n) is 3.17. The van der Waals surface area contributed by atoms with Gasteiger partial charge in [0.15, 0.2) is 0 Å². The smallest absolute Gasteiger partial charge is 0.241 e. The second-order valence-electron chi connectivity index (χ2n) is 4.57. The highest BCUT2D eigenvalue weighted by atomic mass is 79.9. The van der Waals surface area contributed by atoms with Gasteiger partial charge in [-0.1, -0.05) is 36.0 Å². The standard InChI is InChI=1S/C13H15BrCl2N2O/c14-8-5-6-9(12(16)11(8)15)18-13(19)10-4-2-1-3-7-17-10/h5-6,10,17H,1-4,7H2,(H,18,19). The van der Waals surface area contributed by atoms with Crippen LogP contribution < -0.4 is 10.6 Å².